The van der Waals surface area contributed by atoms with Crippen LogP contribution < -0.4 is 10.1 Å². The maximum Gasteiger partial charge on any atom is 0.253 e. The van der Waals surface area contributed by atoms with Crippen LogP contribution >= 0.6 is 24.0 Å². The normalized spacial score (nSPS) is 10.7. The molecule has 1 N–H and O–H groups in total. The lowest BCUT2D eigenvalue weighted by Gasteiger charge is -2.22. The van der Waals surface area contributed by atoms with Gasteiger partial charge in [0.25, 0.3) is 5.91 Å². The molecule has 28 heavy (non-hydrogen) atoms. The number of aliphatic imine (C=N–C) groups is 1. The van der Waals surface area contributed by atoms with Crippen LogP contribution in [0.2, 0.25) is 0 Å². The first-order chi connectivity index (χ1) is 12.9. The Morgan fingerprint density at radius 1 is 1.00 bits per heavy atom. The highest BCUT2D eigenvalue weighted by molar-refractivity contribution is 14.0. The van der Waals surface area contributed by atoms with Gasteiger partial charge in [0.05, 0.1) is 7.11 Å². The summed E-state index contributed by atoms with van der Waals surface area (Å²) in [6.45, 7) is 1.37. The zero-order chi connectivity index (χ0) is 19.8. The van der Waals surface area contributed by atoms with Gasteiger partial charge in [-0.1, -0.05) is 24.3 Å². The summed E-state index contributed by atoms with van der Waals surface area (Å²) < 4.78 is 5.19. The number of carbonyl (C=O) groups is 1. The molecule has 6 nitrogen and oxygen atoms in total. The van der Waals surface area contributed by atoms with Gasteiger partial charge in [-0.25, -0.2) is 0 Å². The number of nitrogens with one attached hydrogen (secondary N) is 1. The Bertz CT molecular complexity index is 774. The van der Waals surface area contributed by atoms with Gasteiger partial charge in [-0.2, -0.15) is 0 Å². The van der Waals surface area contributed by atoms with Crippen LogP contribution in [0.5, 0.6) is 5.75 Å². The maximum atomic E-state index is 11.9. The minimum atomic E-state index is 0. The molecule has 0 aromatic heterocycles. The Kier molecular flexibility index (Phi) is 9.78. The first-order valence-corrected chi connectivity index (χ1v) is 8.80. The van der Waals surface area contributed by atoms with Gasteiger partial charge in [-0.15, -0.1) is 24.0 Å². The molecule has 0 aliphatic rings. The van der Waals surface area contributed by atoms with E-state index in [4.69, 9.17) is 4.74 Å². The number of amides is 1. The highest BCUT2D eigenvalue weighted by atomic mass is 127. The minimum Gasteiger partial charge on any atom is -0.497 e. The second-order valence-corrected chi connectivity index (χ2v) is 6.50. The molecular weight excluding hydrogens is 467 g/mol. The van der Waals surface area contributed by atoms with E-state index in [1.54, 1.807) is 33.2 Å². The topological polar surface area (TPSA) is 57.2 Å². The first kappa shape index (κ1) is 23.7. The quantitative estimate of drug-likeness (QED) is 0.379. The number of hydrogen-bond acceptors (Lipinski definition) is 3. The van der Waals surface area contributed by atoms with Gasteiger partial charge in [0.2, 0.25) is 0 Å². The van der Waals surface area contributed by atoms with Gasteiger partial charge in [-0.05, 0) is 35.4 Å². The largest absolute Gasteiger partial charge is 0.497 e. The van der Waals surface area contributed by atoms with Gasteiger partial charge in [-0.3, -0.25) is 9.79 Å². The highest BCUT2D eigenvalue weighted by Gasteiger charge is 2.09. The summed E-state index contributed by atoms with van der Waals surface area (Å²) >= 11 is 0. The van der Waals surface area contributed by atoms with Crippen molar-refractivity contribution >= 4 is 35.8 Å². The zero-order valence-electron chi connectivity index (χ0n) is 17.1. The fourth-order valence-corrected chi connectivity index (χ4v) is 2.67. The van der Waals surface area contributed by atoms with Gasteiger partial charge in [0.1, 0.15) is 5.75 Å². The predicted molar refractivity (Wildman–Crippen MR) is 125 cm³/mol. The van der Waals surface area contributed by atoms with Gasteiger partial charge in [0, 0.05) is 46.8 Å². The van der Waals surface area contributed by atoms with Crippen LogP contribution in [0.3, 0.4) is 0 Å². The van der Waals surface area contributed by atoms with Crippen LogP contribution in [0.4, 0.5) is 0 Å². The van der Waals surface area contributed by atoms with E-state index in [2.05, 4.69) is 15.2 Å². The van der Waals surface area contributed by atoms with E-state index in [-0.39, 0.29) is 29.9 Å². The molecule has 0 saturated heterocycles. The van der Waals surface area contributed by atoms with E-state index in [1.807, 2.05) is 55.6 Å². The molecule has 0 aliphatic heterocycles. The van der Waals surface area contributed by atoms with Crippen LogP contribution in [-0.2, 0) is 13.1 Å². The number of guanidine groups is 1. The SMILES string of the molecule is CN=C(NCc1ccc(C(=O)N(C)C)cc1)N(C)Cc1ccc(OC)cc1.I. The Morgan fingerprint density at radius 2 is 1.57 bits per heavy atom. The molecule has 152 valence electrons. The lowest BCUT2D eigenvalue weighted by Crippen LogP contribution is -2.38. The molecule has 0 atom stereocenters. The van der Waals surface area contributed by atoms with E-state index in [9.17, 15) is 4.79 Å². The van der Waals surface area contributed by atoms with E-state index >= 15 is 0 Å². The number of halogens is 1. The molecular formula is C21H29IN4O2. The molecule has 0 spiro atoms. The van der Waals surface area contributed by atoms with Crippen LogP contribution in [-0.4, -0.2) is 57.0 Å². The number of methoxy groups -OCH3 is 1. The van der Waals surface area contributed by atoms with Crippen LogP contribution in [0.15, 0.2) is 53.5 Å². The fraction of sp³-hybridized carbons (Fsp3) is 0.333. The molecule has 2 aromatic carbocycles. The summed E-state index contributed by atoms with van der Waals surface area (Å²) in [5, 5.41) is 3.36. The summed E-state index contributed by atoms with van der Waals surface area (Å²) in [5.74, 6) is 1.66. The summed E-state index contributed by atoms with van der Waals surface area (Å²) in [5.41, 5.74) is 2.95. The van der Waals surface area contributed by atoms with Crippen LogP contribution in [0, 0.1) is 0 Å². The predicted octanol–water partition coefficient (Wildman–Crippen LogP) is 3.22. The standard InChI is InChI=1S/C21H28N4O2.HI/c1-22-21(25(4)15-17-8-12-19(27-5)13-9-17)23-14-16-6-10-18(11-7-16)20(26)24(2)3;/h6-13H,14-15H2,1-5H3,(H,22,23);1H. The molecule has 1 amide bonds. The molecule has 0 unspecified atom stereocenters. The van der Waals surface area contributed by atoms with E-state index in [0.717, 1.165) is 23.8 Å². The molecule has 0 aliphatic carbocycles. The molecule has 0 fully saturated rings. The average molecular weight is 496 g/mol. The monoisotopic (exact) mass is 496 g/mol. The summed E-state index contributed by atoms with van der Waals surface area (Å²) in [7, 11) is 8.93. The third-order valence-corrected chi connectivity index (χ3v) is 4.21. The van der Waals surface area contributed by atoms with Crippen LogP contribution in [0.1, 0.15) is 21.5 Å². The first-order valence-electron chi connectivity index (χ1n) is 8.80. The van der Waals surface area contributed by atoms with E-state index < -0.39 is 0 Å². The van der Waals surface area contributed by atoms with Crippen molar-refractivity contribution in [1.82, 2.24) is 15.1 Å². The Morgan fingerprint density at radius 3 is 2.07 bits per heavy atom. The molecule has 7 heteroatoms. The average Bonchev–Trinajstić information content (AvgIpc) is 2.69. The fourth-order valence-electron chi connectivity index (χ4n) is 2.67. The summed E-state index contributed by atoms with van der Waals surface area (Å²) in [6, 6.07) is 15.6. The van der Waals surface area contributed by atoms with Crippen molar-refractivity contribution in [3.05, 3.63) is 65.2 Å². The van der Waals surface area contributed by atoms with Crippen molar-refractivity contribution in [2.45, 2.75) is 13.1 Å². The number of ether oxygens (including phenoxy) is 1. The second kappa shape index (κ2) is 11.5. The molecule has 2 rings (SSSR count). The van der Waals surface area contributed by atoms with E-state index in [0.29, 0.717) is 12.1 Å². The third kappa shape index (κ3) is 6.70. The number of benzene rings is 2. The maximum absolute atomic E-state index is 11.9. The Hall–Kier alpha value is -2.29. The summed E-state index contributed by atoms with van der Waals surface area (Å²) in [6.07, 6.45) is 0. The van der Waals surface area contributed by atoms with Crippen molar-refractivity contribution < 1.29 is 9.53 Å². The smallest absolute Gasteiger partial charge is 0.253 e. The van der Waals surface area contributed by atoms with Crippen molar-refractivity contribution in [2.24, 2.45) is 4.99 Å². The molecule has 0 saturated carbocycles. The number of nitrogens with zero attached hydrogens (tertiary/aromatic N) is 3. The van der Waals surface area contributed by atoms with Crippen molar-refractivity contribution in [3.63, 3.8) is 0 Å². The Labute approximate surface area is 184 Å². The second-order valence-electron chi connectivity index (χ2n) is 6.50. The minimum absolute atomic E-state index is 0. The molecule has 0 radical (unpaired) electrons. The number of hydrogen-bond donors (Lipinski definition) is 1. The van der Waals surface area contributed by atoms with Gasteiger partial charge in [0.15, 0.2) is 5.96 Å². The lowest BCUT2D eigenvalue weighted by atomic mass is 10.1. The molecule has 0 heterocycles. The van der Waals surface area contributed by atoms with Crippen molar-refractivity contribution in [3.8, 4) is 5.75 Å². The molecule has 2 aromatic rings. The van der Waals surface area contributed by atoms with E-state index in [1.165, 1.54) is 5.56 Å². The number of carbonyl (C=O) groups excluding carboxylic acids is 1. The van der Waals surface area contributed by atoms with Crippen molar-refractivity contribution in [1.29, 1.82) is 0 Å². The van der Waals surface area contributed by atoms with Gasteiger partial charge >= 0.3 is 0 Å². The Balaban J connectivity index is 0.00000392. The van der Waals surface area contributed by atoms with Gasteiger partial charge < -0.3 is 19.9 Å². The van der Waals surface area contributed by atoms with Crippen molar-refractivity contribution in [2.75, 3.05) is 35.3 Å². The third-order valence-electron chi connectivity index (χ3n) is 4.21. The zero-order valence-corrected chi connectivity index (χ0v) is 19.4. The highest BCUT2D eigenvalue weighted by Crippen LogP contribution is 2.13. The lowest BCUT2D eigenvalue weighted by molar-refractivity contribution is 0.0827. The molecule has 0 bridgehead atoms. The number of rotatable bonds is 6. The summed E-state index contributed by atoms with van der Waals surface area (Å²) in [4.78, 5) is 19.9. The van der Waals surface area contributed by atoms with Crippen LogP contribution in [0.25, 0.3) is 0 Å².